The molecule has 1 atom stereocenters. The highest BCUT2D eigenvalue weighted by Gasteiger charge is 2.38. The van der Waals surface area contributed by atoms with Crippen LogP contribution in [0, 0.1) is 12.3 Å². The second-order valence-electron chi connectivity index (χ2n) is 4.48. The highest BCUT2D eigenvalue weighted by Crippen LogP contribution is 2.35. The van der Waals surface area contributed by atoms with Gasteiger partial charge < -0.3 is 10.2 Å². The van der Waals surface area contributed by atoms with Crippen molar-refractivity contribution in [3.05, 3.63) is 0 Å². The van der Waals surface area contributed by atoms with Crippen LogP contribution in [-0.4, -0.2) is 37.1 Å². The van der Waals surface area contributed by atoms with Crippen molar-refractivity contribution in [1.82, 2.24) is 10.2 Å². The Morgan fingerprint density at radius 3 is 2.43 bits per heavy atom. The van der Waals surface area contributed by atoms with Gasteiger partial charge in [-0.3, -0.25) is 0 Å². The monoisotopic (exact) mass is 194 g/mol. The minimum atomic E-state index is 0.243. The second-order valence-corrected chi connectivity index (χ2v) is 4.48. The van der Waals surface area contributed by atoms with Gasteiger partial charge in [0.05, 0.1) is 6.04 Å². The number of nitrogens with zero attached hydrogens (tertiary/aromatic N) is 1. The zero-order valence-electron chi connectivity index (χ0n) is 9.64. The van der Waals surface area contributed by atoms with Gasteiger partial charge in [0.1, 0.15) is 0 Å². The zero-order chi connectivity index (χ0) is 10.6. The molecular weight excluding hydrogens is 172 g/mol. The molecule has 1 aliphatic carbocycles. The Hall–Kier alpha value is -0.520. The Kier molecular flexibility index (Phi) is 3.97. The van der Waals surface area contributed by atoms with Gasteiger partial charge in [-0.15, -0.1) is 6.42 Å². The lowest BCUT2D eigenvalue weighted by atomic mass is 9.75. The molecule has 0 amide bonds. The maximum atomic E-state index is 5.42. The summed E-state index contributed by atoms with van der Waals surface area (Å²) in [6.45, 7) is 3.16. The quantitative estimate of drug-likeness (QED) is 0.667. The molecule has 1 unspecified atom stereocenters. The van der Waals surface area contributed by atoms with Gasteiger partial charge in [0.25, 0.3) is 0 Å². The van der Waals surface area contributed by atoms with Crippen LogP contribution in [-0.2, 0) is 0 Å². The molecule has 2 nitrogen and oxygen atoms in total. The van der Waals surface area contributed by atoms with Crippen LogP contribution in [0.5, 0.6) is 0 Å². The van der Waals surface area contributed by atoms with Crippen LogP contribution >= 0.6 is 0 Å². The third-order valence-electron chi connectivity index (χ3n) is 3.52. The number of hydrogen-bond acceptors (Lipinski definition) is 2. The summed E-state index contributed by atoms with van der Waals surface area (Å²) in [6, 6.07) is 0.243. The van der Waals surface area contributed by atoms with E-state index in [1.807, 2.05) is 0 Å². The molecule has 0 aromatic carbocycles. The van der Waals surface area contributed by atoms with Crippen molar-refractivity contribution < 1.29 is 0 Å². The summed E-state index contributed by atoms with van der Waals surface area (Å²) in [4.78, 5) is 2.34. The van der Waals surface area contributed by atoms with Gasteiger partial charge >= 0.3 is 0 Å². The average molecular weight is 194 g/mol. The van der Waals surface area contributed by atoms with E-state index >= 15 is 0 Å². The van der Waals surface area contributed by atoms with Gasteiger partial charge in [0.15, 0.2) is 0 Å². The lowest BCUT2D eigenvalue weighted by Crippen LogP contribution is -2.57. The normalized spacial score (nSPS) is 21.4. The van der Waals surface area contributed by atoms with Crippen LogP contribution in [0.3, 0.4) is 0 Å². The molecule has 1 N–H and O–H groups in total. The van der Waals surface area contributed by atoms with Crippen LogP contribution in [0.4, 0.5) is 0 Å². The first-order chi connectivity index (χ1) is 6.64. The smallest absolute Gasteiger partial charge is 0.0684 e. The molecule has 0 aromatic rings. The molecule has 0 heterocycles. The predicted octanol–water partition coefficient (Wildman–Crippen LogP) is 1.47. The number of nitrogens with one attached hydrogen (secondary N) is 1. The van der Waals surface area contributed by atoms with Crippen molar-refractivity contribution in [2.45, 2.75) is 44.2 Å². The van der Waals surface area contributed by atoms with E-state index in [0.29, 0.717) is 5.54 Å². The Morgan fingerprint density at radius 2 is 2.14 bits per heavy atom. The topological polar surface area (TPSA) is 15.3 Å². The molecular formula is C12H22N2. The number of hydrogen-bond donors (Lipinski definition) is 1. The Labute approximate surface area is 88.1 Å². The standard InChI is InChI=1S/C12H22N2/c1-5-11(6-2)13-10-12(14(3)4)8-7-9-12/h1,11,13H,6-10H2,2-4H3. The Bertz CT molecular complexity index is 211. The summed E-state index contributed by atoms with van der Waals surface area (Å²) in [5, 5.41) is 3.47. The van der Waals surface area contributed by atoms with Crippen LogP contribution in [0.25, 0.3) is 0 Å². The molecule has 14 heavy (non-hydrogen) atoms. The minimum Gasteiger partial charge on any atom is -0.302 e. The van der Waals surface area contributed by atoms with Crippen molar-refractivity contribution in [3.8, 4) is 12.3 Å². The van der Waals surface area contributed by atoms with E-state index in [1.54, 1.807) is 0 Å². The van der Waals surface area contributed by atoms with Gasteiger partial charge in [0.2, 0.25) is 0 Å². The molecule has 2 heteroatoms. The minimum absolute atomic E-state index is 0.243. The van der Waals surface area contributed by atoms with Crippen molar-refractivity contribution in [2.24, 2.45) is 0 Å². The Morgan fingerprint density at radius 1 is 1.50 bits per heavy atom. The summed E-state index contributed by atoms with van der Waals surface area (Å²) < 4.78 is 0. The number of likely N-dealkylation sites (N-methyl/N-ethyl adjacent to an activating group) is 1. The van der Waals surface area contributed by atoms with Crippen LogP contribution in [0.2, 0.25) is 0 Å². The SMILES string of the molecule is C#CC(CC)NCC1(N(C)C)CCC1. The summed E-state index contributed by atoms with van der Waals surface area (Å²) >= 11 is 0. The highest BCUT2D eigenvalue weighted by atomic mass is 15.2. The fourth-order valence-corrected chi connectivity index (χ4v) is 2.00. The van der Waals surface area contributed by atoms with Crippen LogP contribution in [0.1, 0.15) is 32.6 Å². The first kappa shape index (κ1) is 11.6. The lowest BCUT2D eigenvalue weighted by Gasteiger charge is -2.48. The van der Waals surface area contributed by atoms with Crippen molar-refractivity contribution in [1.29, 1.82) is 0 Å². The van der Waals surface area contributed by atoms with Gasteiger partial charge in [-0.1, -0.05) is 12.8 Å². The highest BCUT2D eigenvalue weighted by molar-refractivity contribution is 5.03. The van der Waals surface area contributed by atoms with E-state index in [-0.39, 0.29) is 6.04 Å². The molecule has 0 radical (unpaired) electrons. The van der Waals surface area contributed by atoms with Crippen molar-refractivity contribution >= 4 is 0 Å². The molecule has 1 saturated carbocycles. The molecule has 0 spiro atoms. The van der Waals surface area contributed by atoms with Gasteiger partial charge in [-0.05, 0) is 39.8 Å². The van der Waals surface area contributed by atoms with Crippen LogP contribution in [0.15, 0.2) is 0 Å². The summed E-state index contributed by atoms with van der Waals surface area (Å²) in [6.07, 6.45) is 10.4. The third-order valence-corrected chi connectivity index (χ3v) is 3.52. The van der Waals surface area contributed by atoms with Gasteiger partial charge in [-0.25, -0.2) is 0 Å². The summed E-state index contributed by atoms with van der Waals surface area (Å²) in [7, 11) is 4.33. The zero-order valence-corrected chi connectivity index (χ0v) is 9.64. The molecule has 1 fully saturated rings. The first-order valence-electron chi connectivity index (χ1n) is 5.51. The first-order valence-corrected chi connectivity index (χ1v) is 5.51. The molecule has 0 aromatic heterocycles. The van der Waals surface area contributed by atoms with Crippen molar-refractivity contribution in [3.63, 3.8) is 0 Å². The largest absolute Gasteiger partial charge is 0.302 e. The molecule has 80 valence electrons. The molecule has 0 bridgehead atoms. The molecule has 1 rings (SSSR count). The maximum absolute atomic E-state index is 5.42. The lowest BCUT2D eigenvalue weighted by molar-refractivity contribution is 0.0587. The van der Waals surface area contributed by atoms with Gasteiger partial charge in [0, 0.05) is 12.1 Å². The van der Waals surface area contributed by atoms with Gasteiger partial charge in [-0.2, -0.15) is 0 Å². The molecule has 0 saturated heterocycles. The number of rotatable bonds is 5. The number of terminal acetylenes is 1. The van der Waals surface area contributed by atoms with E-state index in [9.17, 15) is 0 Å². The predicted molar refractivity (Wildman–Crippen MR) is 61.2 cm³/mol. The van der Waals surface area contributed by atoms with Crippen LogP contribution < -0.4 is 5.32 Å². The Balaban J connectivity index is 2.39. The fourth-order valence-electron chi connectivity index (χ4n) is 2.00. The van der Waals surface area contributed by atoms with Crippen molar-refractivity contribution in [2.75, 3.05) is 20.6 Å². The maximum Gasteiger partial charge on any atom is 0.0684 e. The summed E-state index contributed by atoms with van der Waals surface area (Å²) in [5.74, 6) is 2.78. The summed E-state index contributed by atoms with van der Waals surface area (Å²) in [5.41, 5.74) is 0.379. The van der Waals surface area contributed by atoms with E-state index in [1.165, 1.54) is 19.3 Å². The van der Waals surface area contributed by atoms with E-state index < -0.39 is 0 Å². The molecule has 0 aliphatic heterocycles. The van der Waals surface area contributed by atoms with E-state index in [2.05, 4.69) is 37.2 Å². The average Bonchev–Trinajstić information content (AvgIpc) is 2.09. The second kappa shape index (κ2) is 4.82. The molecule has 1 aliphatic rings. The van der Waals surface area contributed by atoms with E-state index in [0.717, 1.165) is 13.0 Å². The van der Waals surface area contributed by atoms with E-state index in [4.69, 9.17) is 6.42 Å². The third kappa shape index (κ3) is 2.29. The fraction of sp³-hybridized carbons (Fsp3) is 0.833.